The molecule has 0 spiro atoms. The highest BCUT2D eigenvalue weighted by Gasteiger charge is 2.16. The van der Waals surface area contributed by atoms with E-state index in [-0.39, 0.29) is 24.0 Å². The van der Waals surface area contributed by atoms with Gasteiger partial charge in [-0.1, -0.05) is 0 Å². The minimum absolute atomic E-state index is 0. The maximum Gasteiger partial charge on any atom is 0.188 e. The van der Waals surface area contributed by atoms with E-state index in [0.717, 1.165) is 19.6 Å². The maximum atomic E-state index is 5.74. The molecule has 0 aliphatic carbocycles. The van der Waals surface area contributed by atoms with Crippen LogP contribution < -0.4 is 11.1 Å². The smallest absolute Gasteiger partial charge is 0.188 e. The van der Waals surface area contributed by atoms with Crippen LogP contribution in [-0.4, -0.2) is 57.8 Å². The Morgan fingerprint density at radius 1 is 1.59 bits per heavy atom. The van der Waals surface area contributed by atoms with Gasteiger partial charge in [0.1, 0.15) is 0 Å². The summed E-state index contributed by atoms with van der Waals surface area (Å²) in [6.07, 6.45) is 2.53. The molecule has 1 saturated heterocycles. The van der Waals surface area contributed by atoms with E-state index in [1.165, 1.54) is 19.4 Å². The molecular weight excluding hydrogens is 331 g/mol. The summed E-state index contributed by atoms with van der Waals surface area (Å²) in [5.41, 5.74) is 5.74. The fraction of sp³-hybridized carbons (Fsp3) is 0.909. The minimum atomic E-state index is 0. The molecule has 0 aromatic carbocycles. The Morgan fingerprint density at radius 2 is 2.35 bits per heavy atom. The van der Waals surface area contributed by atoms with Crippen LogP contribution in [0.3, 0.4) is 0 Å². The molecule has 0 amide bonds. The maximum absolute atomic E-state index is 5.74. The van der Waals surface area contributed by atoms with Gasteiger partial charge < -0.3 is 20.7 Å². The molecule has 102 valence electrons. The lowest BCUT2D eigenvalue weighted by molar-refractivity contribution is 0.203. The number of nitrogens with two attached hydrogens (primary N) is 1. The van der Waals surface area contributed by atoms with Gasteiger partial charge in [0.25, 0.3) is 0 Å². The number of guanidine groups is 1. The number of aliphatic imine (C=N–C) groups is 1. The molecule has 1 aliphatic rings. The van der Waals surface area contributed by atoms with E-state index in [1.807, 2.05) is 0 Å². The van der Waals surface area contributed by atoms with E-state index in [9.17, 15) is 0 Å². The van der Waals surface area contributed by atoms with Crippen LogP contribution in [0.5, 0.6) is 0 Å². The summed E-state index contributed by atoms with van der Waals surface area (Å²) in [6, 6.07) is 0. The van der Waals surface area contributed by atoms with Crippen molar-refractivity contribution in [1.82, 2.24) is 10.2 Å². The van der Waals surface area contributed by atoms with Crippen LogP contribution in [0, 0.1) is 5.92 Å². The third-order valence-corrected chi connectivity index (χ3v) is 2.85. The largest absolute Gasteiger partial charge is 0.383 e. The Labute approximate surface area is 121 Å². The predicted molar refractivity (Wildman–Crippen MR) is 82.0 cm³/mol. The Bertz CT molecular complexity index is 226. The summed E-state index contributed by atoms with van der Waals surface area (Å²) in [4.78, 5) is 6.71. The number of rotatable bonds is 5. The quantitative estimate of drug-likeness (QED) is 0.326. The van der Waals surface area contributed by atoms with Gasteiger partial charge in [-0.3, -0.25) is 4.99 Å². The first-order chi connectivity index (χ1) is 7.72. The lowest BCUT2D eigenvalue weighted by atomic mass is 9.99. The van der Waals surface area contributed by atoms with Gasteiger partial charge in [0.15, 0.2) is 5.96 Å². The molecule has 0 saturated carbocycles. The molecule has 0 radical (unpaired) electrons. The molecule has 1 aliphatic heterocycles. The summed E-state index contributed by atoms with van der Waals surface area (Å²) >= 11 is 0. The van der Waals surface area contributed by atoms with E-state index in [1.54, 1.807) is 7.11 Å². The first-order valence-corrected chi connectivity index (χ1v) is 5.93. The van der Waals surface area contributed by atoms with Crippen LogP contribution in [0.25, 0.3) is 0 Å². The van der Waals surface area contributed by atoms with Crippen LogP contribution in [0.1, 0.15) is 12.8 Å². The van der Waals surface area contributed by atoms with Crippen LogP contribution in [0.2, 0.25) is 0 Å². The first-order valence-electron chi connectivity index (χ1n) is 5.93. The fourth-order valence-corrected chi connectivity index (χ4v) is 1.99. The van der Waals surface area contributed by atoms with Crippen LogP contribution in [0.15, 0.2) is 4.99 Å². The van der Waals surface area contributed by atoms with Gasteiger partial charge >= 0.3 is 0 Å². The van der Waals surface area contributed by atoms with Crippen molar-refractivity contribution in [2.75, 3.05) is 46.9 Å². The molecule has 1 fully saturated rings. The second-order valence-corrected chi connectivity index (χ2v) is 4.42. The highest BCUT2D eigenvalue weighted by molar-refractivity contribution is 14.0. The second kappa shape index (κ2) is 9.90. The summed E-state index contributed by atoms with van der Waals surface area (Å²) in [7, 11) is 3.84. The molecule has 1 heterocycles. The van der Waals surface area contributed by atoms with Gasteiger partial charge in [-0.25, -0.2) is 0 Å². The minimum Gasteiger partial charge on any atom is -0.383 e. The number of likely N-dealkylation sites (tertiary alicyclic amines) is 1. The second-order valence-electron chi connectivity index (χ2n) is 4.42. The Morgan fingerprint density at radius 3 is 3.00 bits per heavy atom. The molecule has 17 heavy (non-hydrogen) atoms. The van der Waals surface area contributed by atoms with Crippen LogP contribution in [0.4, 0.5) is 0 Å². The summed E-state index contributed by atoms with van der Waals surface area (Å²) in [5, 5.41) is 3.02. The monoisotopic (exact) mass is 356 g/mol. The molecule has 1 atom stereocenters. The summed E-state index contributed by atoms with van der Waals surface area (Å²) in [6.45, 7) is 4.55. The molecule has 0 aromatic heterocycles. The lowest BCUT2D eigenvalue weighted by Gasteiger charge is -2.28. The number of ether oxygens (including phenoxy) is 1. The van der Waals surface area contributed by atoms with Gasteiger partial charge in [-0.15, -0.1) is 24.0 Å². The standard InChI is InChI=1S/C11H24N4O.HI/c1-15-6-3-4-10(9-15)8-14-11(12)13-5-7-16-2;/h10H,3-9H2,1-2H3,(H3,12,13,14);1H. The van der Waals surface area contributed by atoms with Gasteiger partial charge in [0, 0.05) is 26.7 Å². The summed E-state index contributed by atoms with van der Waals surface area (Å²) < 4.78 is 4.92. The van der Waals surface area contributed by atoms with Crippen LogP contribution in [-0.2, 0) is 4.74 Å². The third-order valence-electron chi connectivity index (χ3n) is 2.85. The zero-order valence-electron chi connectivity index (χ0n) is 10.8. The van der Waals surface area contributed by atoms with E-state index >= 15 is 0 Å². The topological polar surface area (TPSA) is 62.9 Å². The van der Waals surface area contributed by atoms with Crippen molar-refractivity contribution in [3.8, 4) is 0 Å². The van der Waals surface area contributed by atoms with Crippen molar-refractivity contribution < 1.29 is 4.74 Å². The SMILES string of the molecule is COCCNC(N)=NCC1CCCN(C)C1.I. The number of methoxy groups -OCH3 is 1. The van der Waals surface area contributed by atoms with Crippen LogP contribution >= 0.6 is 24.0 Å². The van der Waals surface area contributed by atoms with Gasteiger partial charge in [-0.05, 0) is 32.4 Å². The van der Waals surface area contributed by atoms with Crippen molar-refractivity contribution in [1.29, 1.82) is 0 Å². The first kappa shape index (κ1) is 16.9. The number of halogens is 1. The normalized spacial score (nSPS) is 22.0. The fourth-order valence-electron chi connectivity index (χ4n) is 1.99. The number of piperidine rings is 1. The van der Waals surface area contributed by atoms with Gasteiger partial charge in [0.05, 0.1) is 6.61 Å². The molecule has 3 N–H and O–H groups in total. The van der Waals surface area contributed by atoms with Gasteiger partial charge in [0.2, 0.25) is 0 Å². The van der Waals surface area contributed by atoms with Crippen molar-refractivity contribution >= 4 is 29.9 Å². The molecule has 0 bridgehead atoms. The lowest BCUT2D eigenvalue weighted by Crippen LogP contribution is -2.36. The average Bonchev–Trinajstić information content (AvgIpc) is 2.27. The van der Waals surface area contributed by atoms with Gasteiger partial charge in [-0.2, -0.15) is 0 Å². The Balaban J connectivity index is 0.00000256. The van der Waals surface area contributed by atoms with E-state index in [4.69, 9.17) is 10.5 Å². The summed E-state index contributed by atoms with van der Waals surface area (Å²) in [5.74, 6) is 1.19. The van der Waals surface area contributed by atoms with Crippen molar-refractivity contribution in [2.24, 2.45) is 16.6 Å². The predicted octanol–water partition coefficient (Wildman–Crippen LogP) is 0.497. The zero-order chi connectivity index (χ0) is 11.8. The highest BCUT2D eigenvalue weighted by Crippen LogP contribution is 2.14. The molecule has 6 heteroatoms. The number of nitrogens with one attached hydrogen (secondary N) is 1. The van der Waals surface area contributed by atoms with Crippen molar-refractivity contribution in [2.45, 2.75) is 12.8 Å². The number of nitrogens with zero attached hydrogens (tertiary/aromatic N) is 2. The molecule has 1 unspecified atom stereocenters. The molecular formula is C11H25IN4O. The molecule has 0 aromatic rings. The number of hydrogen-bond acceptors (Lipinski definition) is 3. The highest BCUT2D eigenvalue weighted by atomic mass is 127. The van der Waals surface area contributed by atoms with E-state index in [2.05, 4.69) is 22.3 Å². The Hall–Kier alpha value is -0.0800. The van der Waals surface area contributed by atoms with E-state index < -0.39 is 0 Å². The number of hydrogen-bond donors (Lipinski definition) is 2. The molecule has 5 nitrogen and oxygen atoms in total. The van der Waals surface area contributed by atoms with E-state index in [0.29, 0.717) is 18.5 Å². The van der Waals surface area contributed by atoms with Crippen molar-refractivity contribution in [3.63, 3.8) is 0 Å². The third kappa shape index (κ3) is 7.77. The molecule has 1 rings (SSSR count). The van der Waals surface area contributed by atoms with Crippen molar-refractivity contribution in [3.05, 3.63) is 0 Å². The average molecular weight is 356 g/mol. The Kier molecular flexibility index (Phi) is 9.85. The zero-order valence-corrected chi connectivity index (χ0v) is 13.1.